The highest BCUT2D eigenvalue weighted by Crippen LogP contribution is 2.32. The van der Waals surface area contributed by atoms with Crippen LogP contribution in [0.2, 0.25) is 0 Å². The largest absolute Gasteiger partial charge is 0.503 e. The molecule has 3 rings (SSSR count). The molecule has 0 aliphatic rings. The molecule has 4 nitrogen and oxygen atoms in total. The number of nitrogens with zero attached hydrogens (tertiary/aromatic N) is 1. The summed E-state index contributed by atoms with van der Waals surface area (Å²) < 4.78 is 13.1. The first-order chi connectivity index (χ1) is 11.1. The minimum Gasteiger partial charge on any atom is -0.503 e. The number of benzene rings is 2. The van der Waals surface area contributed by atoms with Gasteiger partial charge in [0.25, 0.3) is 5.56 Å². The molecule has 0 unspecified atom stereocenters. The molecule has 0 atom stereocenters. The summed E-state index contributed by atoms with van der Waals surface area (Å²) >= 11 is 0. The molecule has 1 heterocycles. The Labute approximate surface area is 131 Å². The highest BCUT2D eigenvalue weighted by atomic mass is 19.1. The Morgan fingerprint density at radius 2 is 1.61 bits per heavy atom. The molecule has 0 saturated heterocycles. The van der Waals surface area contributed by atoms with E-state index in [-0.39, 0.29) is 5.82 Å². The van der Waals surface area contributed by atoms with Crippen LogP contribution in [0.3, 0.4) is 0 Å². The second-order valence-corrected chi connectivity index (χ2v) is 4.94. The van der Waals surface area contributed by atoms with Gasteiger partial charge in [-0.15, -0.1) is 0 Å². The van der Waals surface area contributed by atoms with E-state index in [1.165, 1.54) is 18.2 Å². The van der Waals surface area contributed by atoms with Crippen LogP contribution in [0.4, 0.5) is 10.1 Å². The summed E-state index contributed by atoms with van der Waals surface area (Å²) in [4.78, 5) is 17.7. The molecule has 0 aliphatic carbocycles. The van der Waals surface area contributed by atoms with Crippen molar-refractivity contribution in [3.05, 3.63) is 82.2 Å². The van der Waals surface area contributed by atoms with Crippen molar-refractivity contribution in [2.24, 2.45) is 0 Å². The average Bonchev–Trinajstić information content (AvgIpc) is 2.58. The molecule has 0 saturated carbocycles. The molecular formula is C18H11FN2O2. The predicted octanol–water partition coefficient (Wildman–Crippen LogP) is 4.10. The lowest BCUT2D eigenvalue weighted by Crippen LogP contribution is -2.07. The minimum absolute atomic E-state index is 0.377. The van der Waals surface area contributed by atoms with E-state index >= 15 is 0 Å². The van der Waals surface area contributed by atoms with E-state index in [1.807, 2.05) is 0 Å². The van der Waals surface area contributed by atoms with E-state index < -0.39 is 11.3 Å². The summed E-state index contributed by atoms with van der Waals surface area (Å²) in [5.74, 6) is -0.780. The molecule has 3 aromatic rings. The van der Waals surface area contributed by atoms with Crippen LogP contribution in [0.1, 0.15) is 0 Å². The van der Waals surface area contributed by atoms with Gasteiger partial charge in [0, 0.05) is 5.56 Å². The number of hydrogen-bond acceptors (Lipinski definition) is 2. The summed E-state index contributed by atoms with van der Waals surface area (Å²) in [7, 11) is 0. The number of aromatic amines is 1. The highest BCUT2D eigenvalue weighted by Gasteiger charge is 2.12. The third kappa shape index (κ3) is 2.83. The zero-order valence-electron chi connectivity index (χ0n) is 11.9. The third-order valence-corrected chi connectivity index (χ3v) is 3.46. The SMILES string of the molecule is [C-]#[N+]c1ccc(-c2cc(O)c(=O)[nH]c2-c2ccc(F)cc2)cc1. The van der Waals surface area contributed by atoms with Gasteiger partial charge in [-0.05, 0) is 41.5 Å². The van der Waals surface area contributed by atoms with Crippen LogP contribution >= 0.6 is 0 Å². The van der Waals surface area contributed by atoms with Crippen molar-refractivity contribution in [3.8, 4) is 28.1 Å². The first-order valence-corrected chi connectivity index (χ1v) is 6.78. The predicted molar refractivity (Wildman–Crippen MR) is 85.8 cm³/mol. The number of nitrogens with one attached hydrogen (secondary N) is 1. The van der Waals surface area contributed by atoms with Crippen LogP contribution in [-0.2, 0) is 0 Å². The molecule has 0 radical (unpaired) electrons. The van der Waals surface area contributed by atoms with Gasteiger partial charge in [0.15, 0.2) is 11.4 Å². The van der Waals surface area contributed by atoms with Crippen molar-refractivity contribution < 1.29 is 9.50 Å². The second kappa shape index (κ2) is 5.78. The highest BCUT2D eigenvalue weighted by molar-refractivity contribution is 5.82. The van der Waals surface area contributed by atoms with E-state index in [1.54, 1.807) is 36.4 Å². The number of pyridine rings is 1. The fourth-order valence-corrected chi connectivity index (χ4v) is 2.31. The van der Waals surface area contributed by atoms with Gasteiger partial charge < -0.3 is 10.1 Å². The number of aromatic nitrogens is 1. The van der Waals surface area contributed by atoms with Gasteiger partial charge >= 0.3 is 0 Å². The van der Waals surface area contributed by atoms with Gasteiger partial charge in [-0.1, -0.05) is 24.3 Å². The Balaban J connectivity index is 2.22. The molecule has 0 bridgehead atoms. The normalized spacial score (nSPS) is 10.3. The van der Waals surface area contributed by atoms with E-state index in [4.69, 9.17) is 6.57 Å². The van der Waals surface area contributed by atoms with Crippen molar-refractivity contribution in [1.29, 1.82) is 0 Å². The van der Waals surface area contributed by atoms with Gasteiger partial charge in [-0.3, -0.25) is 4.79 Å². The van der Waals surface area contributed by atoms with Crippen LogP contribution in [0.5, 0.6) is 5.75 Å². The van der Waals surface area contributed by atoms with Crippen molar-refractivity contribution >= 4 is 5.69 Å². The lowest BCUT2D eigenvalue weighted by molar-refractivity contribution is 0.467. The quantitative estimate of drug-likeness (QED) is 0.700. The van der Waals surface area contributed by atoms with E-state index in [0.29, 0.717) is 22.5 Å². The molecule has 0 spiro atoms. The Kier molecular flexibility index (Phi) is 3.65. The summed E-state index contributed by atoms with van der Waals surface area (Å²) in [5.41, 5.74) is 2.28. The number of H-pyrrole nitrogens is 1. The van der Waals surface area contributed by atoms with Crippen LogP contribution in [-0.4, -0.2) is 10.1 Å². The Morgan fingerprint density at radius 1 is 1.00 bits per heavy atom. The summed E-state index contributed by atoms with van der Waals surface area (Å²) in [6, 6.07) is 13.8. The number of rotatable bonds is 2. The zero-order chi connectivity index (χ0) is 16.4. The molecule has 0 amide bonds. The maximum absolute atomic E-state index is 13.1. The Bertz CT molecular complexity index is 952. The van der Waals surface area contributed by atoms with Gasteiger partial charge in [-0.25, -0.2) is 9.24 Å². The lowest BCUT2D eigenvalue weighted by atomic mass is 9.99. The summed E-state index contributed by atoms with van der Waals surface area (Å²) in [5, 5.41) is 9.73. The molecule has 0 fully saturated rings. The van der Waals surface area contributed by atoms with Crippen LogP contribution in [0, 0.1) is 12.4 Å². The van der Waals surface area contributed by atoms with Gasteiger partial charge in [0.05, 0.1) is 12.3 Å². The molecule has 5 heteroatoms. The third-order valence-electron chi connectivity index (χ3n) is 3.46. The van der Waals surface area contributed by atoms with Crippen molar-refractivity contribution in [1.82, 2.24) is 4.98 Å². The van der Waals surface area contributed by atoms with Crippen molar-refractivity contribution in [3.63, 3.8) is 0 Å². The average molecular weight is 306 g/mol. The molecule has 112 valence electrons. The van der Waals surface area contributed by atoms with E-state index in [9.17, 15) is 14.3 Å². The monoisotopic (exact) mass is 306 g/mol. The fourth-order valence-electron chi connectivity index (χ4n) is 2.31. The summed E-state index contributed by atoms with van der Waals surface area (Å²) in [6.45, 7) is 6.98. The lowest BCUT2D eigenvalue weighted by Gasteiger charge is -2.11. The van der Waals surface area contributed by atoms with Gasteiger partial charge in [-0.2, -0.15) is 0 Å². The van der Waals surface area contributed by atoms with E-state index in [2.05, 4.69) is 9.83 Å². The second-order valence-electron chi connectivity index (χ2n) is 4.94. The molecule has 2 aromatic carbocycles. The Morgan fingerprint density at radius 3 is 2.22 bits per heavy atom. The minimum atomic E-state index is -0.620. The molecule has 2 N–H and O–H groups in total. The standard InChI is InChI=1S/C18H11FN2O2/c1-20-14-8-4-11(5-9-14)15-10-16(22)18(23)21-17(15)12-2-6-13(19)7-3-12/h2-10,22H,(H,21,23). The topological polar surface area (TPSA) is 57.4 Å². The first kappa shape index (κ1) is 14.5. The smallest absolute Gasteiger partial charge is 0.290 e. The molecule has 23 heavy (non-hydrogen) atoms. The van der Waals surface area contributed by atoms with Crippen molar-refractivity contribution in [2.45, 2.75) is 0 Å². The van der Waals surface area contributed by atoms with Crippen LogP contribution in [0.15, 0.2) is 59.4 Å². The molecule has 0 aliphatic heterocycles. The number of hydrogen-bond donors (Lipinski definition) is 2. The van der Waals surface area contributed by atoms with E-state index in [0.717, 1.165) is 5.56 Å². The molecule has 1 aromatic heterocycles. The summed E-state index contributed by atoms with van der Waals surface area (Å²) in [6.07, 6.45) is 0. The molecular weight excluding hydrogens is 295 g/mol. The van der Waals surface area contributed by atoms with Gasteiger partial charge in [0.2, 0.25) is 0 Å². The number of aromatic hydroxyl groups is 1. The van der Waals surface area contributed by atoms with Gasteiger partial charge in [0.1, 0.15) is 5.82 Å². The Hall–Kier alpha value is -3.39. The van der Waals surface area contributed by atoms with Crippen LogP contribution in [0.25, 0.3) is 27.2 Å². The maximum atomic E-state index is 13.1. The zero-order valence-corrected chi connectivity index (χ0v) is 11.9. The maximum Gasteiger partial charge on any atom is 0.290 e. The van der Waals surface area contributed by atoms with Crippen molar-refractivity contribution in [2.75, 3.05) is 0 Å². The fraction of sp³-hybridized carbons (Fsp3) is 0. The van der Waals surface area contributed by atoms with Crippen LogP contribution < -0.4 is 5.56 Å². The number of halogens is 1. The first-order valence-electron chi connectivity index (χ1n) is 6.78.